The molecule has 0 aromatic carbocycles. The van der Waals surface area contributed by atoms with Gasteiger partial charge in [0.25, 0.3) is 0 Å². The number of rotatable bonds is 5. The van der Waals surface area contributed by atoms with Gasteiger partial charge < -0.3 is 14.9 Å². The standard InChI is InChI=1S/C16H30N2O2/c1-13-4-7-16(8-5-13,15(19)20)12-18(3)11-14-6-9-17(2)10-14/h13-14H,4-12H2,1-3H3,(H,19,20). The number of carboxylic acids is 1. The molecule has 4 heteroatoms. The molecule has 0 amide bonds. The van der Waals surface area contributed by atoms with Gasteiger partial charge in [-0.25, -0.2) is 0 Å². The third-order valence-corrected chi connectivity index (χ3v) is 5.32. The summed E-state index contributed by atoms with van der Waals surface area (Å²) in [7, 11) is 4.27. The summed E-state index contributed by atoms with van der Waals surface area (Å²) < 4.78 is 0. The van der Waals surface area contributed by atoms with Gasteiger partial charge >= 0.3 is 5.97 Å². The maximum atomic E-state index is 11.8. The fraction of sp³-hybridized carbons (Fsp3) is 0.938. The predicted molar refractivity (Wildman–Crippen MR) is 80.8 cm³/mol. The minimum absolute atomic E-state index is 0.494. The Morgan fingerprint density at radius 3 is 2.50 bits per heavy atom. The van der Waals surface area contributed by atoms with Crippen LogP contribution in [0.5, 0.6) is 0 Å². The quantitative estimate of drug-likeness (QED) is 0.839. The van der Waals surface area contributed by atoms with Crippen molar-refractivity contribution >= 4 is 5.97 Å². The molecule has 1 N–H and O–H groups in total. The average Bonchev–Trinajstić information content (AvgIpc) is 2.77. The van der Waals surface area contributed by atoms with Crippen LogP contribution in [0, 0.1) is 17.3 Å². The van der Waals surface area contributed by atoms with Gasteiger partial charge in [0.05, 0.1) is 5.41 Å². The molecular weight excluding hydrogens is 252 g/mol. The van der Waals surface area contributed by atoms with Gasteiger partial charge in [0, 0.05) is 19.6 Å². The van der Waals surface area contributed by atoms with Gasteiger partial charge in [-0.3, -0.25) is 4.79 Å². The topological polar surface area (TPSA) is 43.8 Å². The lowest BCUT2D eigenvalue weighted by molar-refractivity contribution is -0.153. The van der Waals surface area contributed by atoms with Crippen molar-refractivity contribution < 1.29 is 9.90 Å². The normalized spacial score (nSPS) is 35.6. The largest absolute Gasteiger partial charge is 0.481 e. The molecule has 0 radical (unpaired) electrons. The molecule has 0 aromatic rings. The Morgan fingerprint density at radius 1 is 1.35 bits per heavy atom. The maximum absolute atomic E-state index is 11.8. The lowest BCUT2D eigenvalue weighted by Gasteiger charge is -2.39. The van der Waals surface area contributed by atoms with Crippen LogP contribution in [0.15, 0.2) is 0 Å². The van der Waals surface area contributed by atoms with Crippen LogP contribution in [-0.4, -0.2) is 61.2 Å². The van der Waals surface area contributed by atoms with Crippen LogP contribution in [0.3, 0.4) is 0 Å². The Balaban J connectivity index is 1.89. The second-order valence-corrected chi connectivity index (χ2v) is 7.38. The van der Waals surface area contributed by atoms with E-state index in [9.17, 15) is 9.90 Å². The Kier molecular flexibility index (Phi) is 5.08. The number of carbonyl (C=O) groups is 1. The summed E-state index contributed by atoms with van der Waals surface area (Å²) >= 11 is 0. The van der Waals surface area contributed by atoms with Crippen LogP contribution in [0.25, 0.3) is 0 Å². The molecule has 1 unspecified atom stereocenters. The molecule has 4 nitrogen and oxygen atoms in total. The van der Waals surface area contributed by atoms with Crippen molar-refractivity contribution in [1.82, 2.24) is 9.80 Å². The average molecular weight is 282 g/mol. The number of hydrogen-bond donors (Lipinski definition) is 1. The molecule has 0 bridgehead atoms. The smallest absolute Gasteiger partial charge is 0.310 e. The zero-order chi connectivity index (χ0) is 14.8. The summed E-state index contributed by atoms with van der Waals surface area (Å²) in [4.78, 5) is 16.4. The highest BCUT2D eigenvalue weighted by Gasteiger charge is 2.42. The number of likely N-dealkylation sites (tertiary alicyclic amines) is 1. The lowest BCUT2D eigenvalue weighted by Crippen LogP contribution is -2.45. The van der Waals surface area contributed by atoms with Crippen molar-refractivity contribution in [2.24, 2.45) is 17.3 Å². The second-order valence-electron chi connectivity index (χ2n) is 7.38. The van der Waals surface area contributed by atoms with Gasteiger partial charge in [0.2, 0.25) is 0 Å². The summed E-state index contributed by atoms with van der Waals surface area (Å²) in [5, 5.41) is 9.69. The molecule has 1 atom stereocenters. The Bertz CT molecular complexity index is 337. The van der Waals surface area contributed by atoms with Crippen molar-refractivity contribution in [3.63, 3.8) is 0 Å². The molecule has 0 aromatic heterocycles. The SMILES string of the molecule is CC1CCC(CN(C)CC2CCN(C)C2)(C(=O)O)CC1. The van der Waals surface area contributed by atoms with Gasteiger partial charge in [-0.05, 0) is 64.6 Å². The first-order chi connectivity index (χ1) is 9.41. The first-order valence-electron chi connectivity index (χ1n) is 8.02. The fourth-order valence-corrected chi connectivity index (χ4v) is 3.95. The Labute approximate surface area is 123 Å². The molecule has 116 valence electrons. The van der Waals surface area contributed by atoms with Gasteiger partial charge in [0.1, 0.15) is 0 Å². The predicted octanol–water partition coefficient (Wildman–Crippen LogP) is 2.15. The van der Waals surface area contributed by atoms with Gasteiger partial charge in [0.15, 0.2) is 0 Å². The zero-order valence-corrected chi connectivity index (χ0v) is 13.3. The van der Waals surface area contributed by atoms with E-state index in [2.05, 4.69) is 30.8 Å². The Hall–Kier alpha value is -0.610. The van der Waals surface area contributed by atoms with E-state index >= 15 is 0 Å². The van der Waals surface area contributed by atoms with E-state index in [1.54, 1.807) is 0 Å². The van der Waals surface area contributed by atoms with Crippen LogP contribution in [-0.2, 0) is 4.79 Å². The number of aliphatic carboxylic acids is 1. The molecule has 1 aliphatic heterocycles. The summed E-state index contributed by atoms with van der Waals surface area (Å²) in [5.74, 6) is 0.814. The monoisotopic (exact) mass is 282 g/mol. The first kappa shape index (κ1) is 15.8. The van der Waals surface area contributed by atoms with Gasteiger partial charge in [-0.1, -0.05) is 6.92 Å². The molecule has 1 saturated carbocycles. The third kappa shape index (κ3) is 3.73. The van der Waals surface area contributed by atoms with E-state index in [4.69, 9.17) is 0 Å². The van der Waals surface area contributed by atoms with Gasteiger partial charge in [-0.15, -0.1) is 0 Å². The van der Waals surface area contributed by atoms with Crippen LogP contribution in [0.2, 0.25) is 0 Å². The molecular formula is C16H30N2O2. The highest BCUT2D eigenvalue weighted by molar-refractivity contribution is 5.75. The van der Waals surface area contributed by atoms with Crippen LogP contribution in [0.1, 0.15) is 39.0 Å². The molecule has 2 aliphatic rings. The maximum Gasteiger partial charge on any atom is 0.310 e. The van der Waals surface area contributed by atoms with E-state index in [1.807, 2.05) is 0 Å². The highest BCUT2D eigenvalue weighted by Crippen LogP contribution is 2.39. The van der Waals surface area contributed by atoms with E-state index in [-0.39, 0.29) is 0 Å². The van der Waals surface area contributed by atoms with Crippen molar-refractivity contribution in [3.05, 3.63) is 0 Å². The van der Waals surface area contributed by atoms with E-state index in [1.165, 1.54) is 13.0 Å². The van der Waals surface area contributed by atoms with Crippen molar-refractivity contribution in [3.8, 4) is 0 Å². The third-order valence-electron chi connectivity index (χ3n) is 5.32. The van der Waals surface area contributed by atoms with Crippen molar-refractivity contribution in [2.75, 3.05) is 40.3 Å². The zero-order valence-electron chi connectivity index (χ0n) is 13.3. The molecule has 0 spiro atoms. The molecule has 2 rings (SSSR count). The summed E-state index contributed by atoms with van der Waals surface area (Å²) in [6.07, 6.45) is 5.06. The summed E-state index contributed by atoms with van der Waals surface area (Å²) in [6.45, 7) is 6.33. The van der Waals surface area contributed by atoms with Crippen LogP contribution < -0.4 is 0 Å². The van der Waals surface area contributed by atoms with Gasteiger partial charge in [-0.2, -0.15) is 0 Å². The fourth-order valence-electron chi connectivity index (χ4n) is 3.95. The highest BCUT2D eigenvalue weighted by atomic mass is 16.4. The number of hydrogen-bond acceptors (Lipinski definition) is 3. The number of nitrogens with zero attached hydrogens (tertiary/aromatic N) is 2. The minimum Gasteiger partial charge on any atom is -0.481 e. The molecule has 1 heterocycles. The molecule has 1 saturated heterocycles. The van der Waals surface area contributed by atoms with Crippen LogP contribution in [0.4, 0.5) is 0 Å². The van der Waals surface area contributed by atoms with Crippen LogP contribution >= 0.6 is 0 Å². The van der Waals surface area contributed by atoms with Crippen molar-refractivity contribution in [1.29, 1.82) is 0 Å². The van der Waals surface area contributed by atoms with Crippen molar-refractivity contribution in [2.45, 2.75) is 39.0 Å². The minimum atomic E-state index is -0.584. The molecule has 2 fully saturated rings. The van der Waals surface area contributed by atoms with E-state index in [0.29, 0.717) is 11.8 Å². The summed E-state index contributed by atoms with van der Waals surface area (Å²) in [5.41, 5.74) is -0.494. The van der Waals surface area contributed by atoms with E-state index in [0.717, 1.165) is 45.3 Å². The second kappa shape index (κ2) is 6.44. The lowest BCUT2D eigenvalue weighted by atomic mass is 9.70. The molecule has 1 aliphatic carbocycles. The van der Waals surface area contributed by atoms with E-state index < -0.39 is 11.4 Å². The molecule has 20 heavy (non-hydrogen) atoms. The number of carboxylic acid groups (broad SMARTS) is 1. The first-order valence-corrected chi connectivity index (χ1v) is 8.02. The Morgan fingerprint density at radius 2 is 2.00 bits per heavy atom. The summed E-state index contributed by atoms with van der Waals surface area (Å²) in [6, 6.07) is 0.